The lowest BCUT2D eigenvalue weighted by Crippen LogP contribution is -2.14. The van der Waals surface area contributed by atoms with E-state index in [4.69, 9.17) is 10.2 Å². The summed E-state index contributed by atoms with van der Waals surface area (Å²) < 4.78 is 8.21. The number of aryl methyl sites for hydroxylation is 1. The number of aromatic nitrogens is 3. The van der Waals surface area contributed by atoms with Crippen LogP contribution >= 0.6 is 23.1 Å². The number of thioether (sulfide) groups is 1. The zero-order chi connectivity index (χ0) is 17.3. The molecule has 0 aliphatic rings. The number of rotatable bonds is 6. The van der Waals surface area contributed by atoms with Gasteiger partial charge in [-0.25, -0.2) is 0 Å². The minimum Gasteiger partial charge on any atom is -0.467 e. The molecule has 0 unspecified atom stereocenters. The highest BCUT2D eigenvalue weighted by molar-refractivity contribution is 8.02. The van der Waals surface area contributed by atoms with Crippen molar-refractivity contribution in [1.29, 1.82) is 0 Å². The first-order valence-electron chi connectivity index (χ1n) is 7.44. The van der Waals surface area contributed by atoms with Gasteiger partial charge in [0.25, 0.3) is 0 Å². The largest absolute Gasteiger partial charge is 0.467 e. The molecule has 0 aromatic carbocycles. The second kappa shape index (κ2) is 6.82. The molecule has 8 heteroatoms. The van der Waals surface area contributed by atoms with Gasteiger partial charge in [0, 0.05) is 17.0 Å². The number of hydrogen-bond acceptors (Lipinski definition) is 7. The Morgan fingerprint density at radius 1 is 1.46 bits per heavy atom. The highest BCUT2D eigenvalue weighted by atomic mass is 32.2. The Hall–Kier alpha value is -2.06. The molecule has 2 N–H and O–H groups in total. The normalized spacial score (nSPS) is 12.5. The van der Waals surface area contributed by atoms with E-state index in [0.29, 0.717) is 16.0 Å². The molecule has 0 radical (unpaired) electrons. The van der Waals surface area contributed by atoms with Crippen LogP contribution in [0.5, 0.6) is 0 Å². The highest BCUT2D eigenvalue weighted by Crippen LogP contribution is 2.30. The topological polar surface area (TPSA) is 86.9 Å². The number of carbonyl (C=O) groups excluding carboxylic acids is 1. The number of carbonyl (C=O) groups is 1. The lowest BCUT2D eigenvalue weighted by Gasteiger charge is -2.10. The van der Waals surface area contributed by atoms with E-state index >= 15 is 0 Å². The van der Waals surface area contributed by atoms with Gasteiger partial charge in [0.15, 0.2) is 10.1 Å². The number of nitrogens with two attached hydrogens (primary N) is 1. The lowest BCUT2D eigenvalue weighted by atomic mass is 10.1. The number of furan rings is 1. The summed E-state index contributed by atoms with van der Waals surface area (Å²) in [6.07, 6.45) is 1.65. The zero-order valence-electron chi connectivity index (χ0n) is 13.6. The Morgan fingerprint density at radius 2 is 2.25 bits per heavy atom. The molecule has 0 saturated heterocycles. The second-order valence-corrected chi connectivity index (χ2v) is 8.08. The van der Waals surface area contributed by atoms with Crippen LogP contribution in [0.2, 0.25) is 0 Å². The van der Waals surface area contributed by atoms with Gasteiger partial charge in [-0.3, -0.25) is 4.79 Å². The maximum Gasteiger partial charge on any atom is 0.203 e. The van der Waals surface area contributed by atoms with Crippen LogP contribution in [-0.2, 0) is 6.54 Å². The van der Waals surface area contributed by atoms with E-state index in [1.807, 2.05) is 39.0 Å². The monoisotopic (exact) mass is 362 g/mol. The minimum atomic E-state index is -0.255. The van der Waals surface area contributed by atoms with Crippen molar-refractivity contribution in [2.45, 2.75) is 36.9 Å². The van der Waals surface area contributed by atoms with Crippen molar-refractivity contribution >= 4 is 34.0 Å². The van der Waals surface area contributed by atoms with Gasteiger partial charge in [0.1, 0.15) is 5.76 Å². The third-order valence-electron chi connectivity index (χ3n) is 3.80. The van der Waals surface area contributed by atoms with Crippen molar-refractivity contribution in [2.24, 2.45) is 0 Å². The van der Waals surface area contributed by atoms with Crippen molar-refractivity contribution in [3.8, 4) is 0 Å². The molecule has 0 aliphatic heterocycles. The predicted octanol–water partition coefficient (Wildman–Crippen LogP) is 3.54. The molecule has 0 amide bonds. The van der Waals surface area contributed by atoms with Crippen molar-refractivity contribution in [1.82, 2.24) is 14.8 Å². The van der Waals surface area contributed by atoms with E-state index in [9.17, 15) is 4.79 Å². The van der Waals surface area contributed by atoms with Crippen molar-refractivity contribution in [3.05, 3.63) is 47.2 Å². The second-order valence-electron chi connectivity index (χ2n) is 5.48. The maximum absolute atomic E-state index is 12.8. The maximum atomic E-state index is 12.8. The van der Waals surface area contributed by atoms with Crippen molar-refractivity contribution in [3.63, 3.8) is 0 Å². The molecule has 3 aromatic heterocycles. The van der Waals surface area contributed by atoms with E-state index in [-0.39, 0.29) is 11.0 Å². The smallest absolute Gasteiger partial charge is 0.203 e. The molecule has 0 bridgehead atoms. The lowest BCUT2D eigenvalue weighted by molar-refractivity contribution is 0.0993. The van der Waals surface area contributed by atoms with Gasteiger partial charge in [-0.05, 0) is 39.0 Å². The first-order chi connectivity index (χ1) is 11.5. The average Bonchev–Trinajstić information content (AvgIpc) is 3.25. The van der Waals surface area contributed by atoms with Crippen molar-refractivity contribution < 1.29 is 9.21 Å². The third kappa shape index (κ3) is 3.39. The summed E-state index contributed by atoms with van der Waals surface area (Å²) in [5, 5.41) is 7.90. The van der Waals surface area contributed by atoms with E-state index in [2.05, 4.69) is 14.8 Å². The fourth-order valence-electron chi connectivity index (χ4n) is 2.54. The number of ketones is 1. The molecule has 0 aliphatic carbocycles. The molecule has 0 fully saturated rings. The van der Waals surface area contributed by atoms with Gasteiger partial charge in [-0.1, -0.05) is 23.1 Å². The van der Waals surface area contributed by atoms with Crippen molar-refractivity contribution in [2.75, 3.05) is 5.73 Å². The molecular weight excluding hydrogens is 344 g/mol. The predicted molar refractivity (Wildman–Crippen MR) is 95.7 cm³/mol. The molecule has 0 spiro atoms. The molecule has 1 atom stereocenters. The summed E-state index contributed by atoms with van der Waals surface area (Å²) in [7, 11) is 0. The summed E-state index contributed by atoms with van der Waals surface area (Å²) in [6.45, 7) is 6.45. The van der Waals surface area contributed by atoms with Gasteiger partial charge >= 0.3 is 0 Å². The van der Waals surface area contributed by atoms with Crippen LogP contribution in [0, 0.1) is 13.8 Å². The van der Waals surface area contributed by atoms with Crippen LogP contribution < -0.4 is 5.73 Å². The Balaban J connectivity index is 1.79. The fraction of sp³-hybridized carbons (Fsp3) is 0.312. The zero-order valence-corrected chi connectivity index (χ0v) is 15.3. The summed E-state index contributed by atoms with van der Waals surface area (Å²) >= 11 is 2.68. The Bertz CT molecular complexity index is 852. The quantitative estimate of drug-likeness (QED) is 0.533. The van der Waals surface area contributed by atoms with Crippen LogP contribution in [0.15, 0.2) is 33.2 Å². The van der Waals surface area contributed by atoms with Crippen LogP contribution in [0.4, 0.5) is 5.13 Å². The molecular formula is C16H18N4O2S2. The van der Waals surface area contributed by atoms with Gasteiger partial charge < -0.3 is 14.7 Å². The number of nitrogens with zero attached hydrogens (tertiary/aromatic N) is 3. The van der Waals surface area contributed by atoms with E-state index in [1.165, 1.54) is 23.1 Å². The van der Waals surface area contributed by atoms with Gasteiger partial charge in [0.2, 0.25) is 5.13 Å². The third-order valence-corrected chi connectivity index (χ3v) is 5.74. The van der Waals surface area contributed by atoms with Gasteiger partial charge in [-0.15, -0.1) is 10.2 Å². The van der Waals surface area contributed by atoms with E-state index in [1.54, 1.807) is 6.26 Å². The van der Waals surface area contributed by atoms with E-state index in [0.717, 1.165) is 22.7 Å². The summed E-state index contributed by atoms with van der Waals surface area (Å²) in [5.74, 6) is 0.940. The highest BCUT2D eigenvalue weighted by Gasteiger charge is 2.23. The SMILES string of the molecule is Cc1cc(C(=O)[C@H](C)Sc2nnc(N)s2)c(C)n1Cc1ccco1. The molecule has 0 saturated carbocycles. The minimum absolute atomic E-state index is 0.0765. The Kier molecular flexibility index (Phi) is 4.77. The molecule has 24 heavy (non-hydrogen) atoms. The number of anilines is 1. The molecule has 3 rings (SSSR count). The van der Waals surface area contributed by atoms with Gasteiger partial charge in [0.05, 0.1) is 18.1 Å². The van der Waals surface area contributed by atoms with Crippen LogP contribution in [0.3, 0.4) is 0 Å². The first-order valence-corrected chi connectivity index (χ1v) is 9.14. The fourth-order valence-corrected chi connectivity index (χ4v) is 4.39. The summed E-state index contributed by atoms with van der Waals surface area (Å²) in [6, 6.07) is 5.73. The summed E-state index contributed by atoms with van der Waals surface area (Å²) in [4.78, 5) is 12.8. The van der Waals surface area contributed by atoms with E-state index < -0.39 is 0 Å². The number of hydrogen-bond donors (Lipinski definition) is 1. The average molecular weight is 362 g/mol. The first kappa shape index (κ1) is 16.8. The molecule has 6 nitrogen and oxygen atoms in total. The van der Waals surface area contributed by atoms with Gasteiger partial charge in [-0.2, -0.15) is 0 Å². The number of nitrogen functional groups attached to an aromatic ring is 1. The Labute approximate surface area is 148 Å². The standard InChI is InChI=1S/C16H18N4O2S2/c1-9-7-13(10(2)20(9)8-12-5-4-6-22-12)14(21)11(3)23-16-19-18-15(17)24-16/h4-7,11H,8H2,1-3H3,(H2,17,18)/t11-/m0/s1. The van der Waals surface area contributed by atoms with Crippen LogP contribution in [-0.4, -0.2) is 25.8 Å². The molecule has 126 valence electrons. The molecule has 3 aromatic rings. The summed E-state index contributed by atoms with van der Waals surface area (Å²) in [5.41, 5.74) is 8.30. The molecule has 3 heterocycles. The van der Waals surface area contributed by atoms with Crippen LogP contribution in [0.25, 0.3) is 0 Å². The van der Waals surface area contributed by atoms with Crippen LogP contribution in [0.1, 0.15) is 34.4 Å². The Morgan fingerprint density at radius 3 is 2.88 bits per heavy atom. The number of Topliss-reactive ketones (excluding diaryl/α,β-unsaturated/α-hetero) is 1.